The smallest absolute Gasteiger partial charge is 0.368 e. The van der Waals surface area contributed by atoms with Gasteiger partial charge < -0.3 is 19.2 Å². The first-order valence-corrected chi connectivity index (χ1v) is 2.68. The highest BCUT2D eigenvalue weighted by Gasteiger charge is 2.22. The predicted molar refractivity (Wildman–Crippen MR) is 25.7 cm³/mol. The zero-order valence-corrected chi connectivity index (χ0v) is 3.70. The Bertz CT molecular complexity index is 27.2. The van der Waals surface area contributed by atoms with E-state index in [0.717, 1.165) is 0 Å². The van der Waals surface area contributed by atoms with Crippen LogP contribution in [0.3, 0.4) is 0 Å². The molecule has 0 atom stereocenters. The van der Waals surface area contributed by atoms with E-state index in [0.29, 0.717) is 0 Å². The van der Waals surface area contributed by atoms with Gasteiger partial charge in [-0.05, 0) is 0 Å². The predicted octanol–water partition coefficient (Wildman–Crippen LogP) is -3.37. The maximum absolute atomic E-state index is 7.33. The summed E-state index contributed by atoms with van der Waals surface area (Å²) >= 11 is 0. The Morgan fingerprint density at radius 1 is 0.857 bits per heavy atom. The van der Waals surface area contributed by atoms with Crippen molar-refractivity contribution in [1.29, 1.82) is 0 Å². The molecule has 4 N–H and O–H groups in total. The summed E-state index contributed by atoms with van der Waals surface area (Å²) in [4.78, 5) is 29.3. The molecule has 0 heterocycles. The molecule has 0 spiro atoms. The van der Waals surface area contributed by atoms with Crippen LogP contribution in [0, 0.1) is 0 Å². The van der Waals surface area contributed by atoms with Crippen LogP contribution in [0.25, 0.3) is 0 Å². The van der Waals surface area contributed by atoms with Crippen LogP contribution in [0.4, 0.5) is 4.70 Å². The summed E-state index contributed by atoms with van der Waals surface area (Å²) in [5.41, 5.74) is 0. The number of rotatable bonds is 0. The first kappa shape index (κ1) is 15.7. The van der Waals surface area contributed by atoms with Gasteiger partial charge >= 0.3 is 32.1 Å². The average molecular weight is 142 g/mol. The van der Waals surface area contributed by atoms with Gasteiger partial charge in [0.2, 0.25) is 0 Å². The maximum atomic E-state index is 7.33. The lowest BCUT2D eigenvalue weighted by Crippen LogP contribution is -2.33. The lowest BCUT2D eigenvalue weighted by molar-refractivity contribution is 0.117. The highest BCUT2D eigenvalue weighted by Crippen LogP contribution is 1.67. The van der Waals surface area contributed by atoms with Crippen molar-refractivity contribution in [3.8, 4) is 0 Å². The second-order valence-corrected chi connectivity index (χ2v) is 1.80. The van der Waals surface area contributed by atoms with Crippen LogP contribution < -0.4 is 0 Å². The van der Waals surface area contributed by atoms with Gasteiger partial charge in [-0.15, -0.1) is 0 Å². The van der Waals surface area contributed by atoms with Gasteiger partial charge in [0.1, 0.15) is 0 Å². The molecule has 0 amide bonds. The molecule has 0 saturated heterocycles. The molecule has 0 aliphatic carbocycles. The van der Waals surface area contributed by atoms with Gasteiger partial charge in [-0.3, -0.25) is 4.70 Å². The highest BCUT2D eigenvalue weighted by molar-refractivity contribution is 6.46. The van der Waals surface area contributed by atoms with E-state index in [1.54, 1.807) is 0 Å². The summed E-state index contributed by atoms with van der Waals surface area (Å²) < 4.78 is 0. The standard InChI is InChI=1S/FH.Mg.H4O4Si.2H/c;;1-5(2,3)4;;/h1H;;1-4H;;. The minimum Gasteiger partial charge on any atom is -0.368 e. The number of hydrogen-bond acceptors (Lipinski definition) is 4. The Hall–Kier alpha value is 0.753. The maximum Gasteiger partial charge on any atom is 0.668 e. The summed E-state index contributed by atoms with van der Waals surface area (Å²) in [6, 6.07) is 0. The minimum absolute atomic E-state index is 0. The molecule has 0 rings (SSSR count). The van der Waals surface area contributed by atoms with Crippen LogP contribution in [0.5, 0.6) is 0 Å². The number of halogens is 1. The van der Waals surface area contributed by atoms with Crippen molar-refractivity contribution in [2.75, 3.05) is 0 Å². The molecule has 0 saturated carbocycles. The van der Waals surface area contributed by atoms with Crippen LogP contribution in [0.2, 0.25) is 0 Å². The Kier molecular flexibility index (Phi) is 11.0. The Balaban J connectivity index is -0.0000000800. The van der Waals surface area contributed by atoms with Crippen molar-refractivity contribution in [2.24, 2.45) is 0 Å². The van der Waals surface area contributed by atoms with Gasteiger partial charge in [0, 0.05) is 0 Å². The van der Waals surface area contributed by atoms with Gasteiger partial charge in [-0.25, -0.2) is 0 Å². The van der Waals surface area contributed by atoms with E-state index < -0.39 is 9.05 Å². The van der Waals surface area contributed by atoms with Crippen molar-refractivity contribution >= 4 is 32.1 Å². The molecule has 0 radical (unpaired) electrons. The molecule has 0 aromatic heterocycles. The van der Waals surface area contributed by atoms with Crippen molar-refractivity contribution in [3.05, 3.63) is 0 Å². The fraction of sp³-hybridized carbons (Fsp3) is 0. The van der Waals surface area contributed by atoms with Crippen molar-refractivity contribution < 1.29 is 23.9 Å². The zero-order valence-electron chi connectivity index (χ0n) is 2.70. The fourth-order valence-corrected chi connectivity index (χ4v) is 0. The molecule has 7 heavy (non-hydrogen) atoms. The summed E-state index contributed by atoms with van der Waals surface area (Å²) in [6.45, 7) is 0. The molecule has 0 bridgehead atoms. The van der Waals surface area contributed by atoms with E-state index in [9.17, 15) is 0 Å². The van der Waals surface area contributed by atoms with Crippen LogP contribution in [-0.4, -0.2) is 51.3 Å². The van der Waals surface area contributed by atoms with Crippen LogP contribution in [-0.2, 0) is 0 Å². The largest absolute Gasteiger partial charge is 0.668 e. The topological polar surface area (TPSA) is 80.9 Å². The number of hydrogen-bond donors (Lipinski definition) is 4. The van der Waals surface area contributed by atoms with Gasteiger partial charge in [0.05, 0.1) is 0 Å². The first-order chi connectivity index (χ1) is 2.00. The normalized spacial score (nSPS) is 8.57. The molecule has 7 heteroatoms. The molecule has 44 valence electrons. The molecule has 0 unspecified atom stereocenters. The van der Waals surface area contributed by atoms with Crippen LogP contribution in [0.1, 0.15) is 0 Å². The third kappa shape index (κ3) is 269. The first-order valence-electron chi connectivity index (χ1n) is 0.894. The highest BCUT2D eigenvalue weighted by atomic mass is 28.4. The lowest BCUT2D eigenvalue weighted by Gasteiger charge is -1.91. The molecular weight excluding hydrogens is 135 g/mol. The average Bonchev–Trinajstić information content (AvgIpc) is 0.722. The second kappa shape index (κ2) is 4.90. The van der Waals surface area contributed by atoms with E-state index in [2.05, 4.69) is 0 Å². The van der Waals surface area contributed by atoms with Crippen molar-refractivity contribution in [2.45, 2.75) is 0 Å². The van der Waals surface area contributed by atoms with Crippen molar-refractivity contribution in [3.63, 3.8) is 0 Å². The molecule has 4 nitrogen and oxygen atoms in total. The second-order valence-electron chi connectivity index (χ2n) is 0.600. The summed E-state index contributed by atoms with van der Waals surface area (Å²) in [5, 5.41) is 0. The Morgan fingerprint density at radius 3 is 0.857 bits per heavy atom. The van der Waals surface area contributed by atoms with E-state index in [4.69, 9.17) is 19.2 Å². The summed E-state index contributed by atoms with van der Waals surface area (Å²) in [6.07, 6.45) is 0. The zero-order chi connectivity index (χ0) is 4.50. The van der Waals surface area contributed by atoms with Gasteiger partial charge in [-0.1, -0.05) is 0 Å². The van der Waals surface area contributed by atoms with Crippen molar-refractivity contribution in [1.82, 2.24) is 0 Å². The molecular formula is H7FMgO4Si. The van der Waals surface area contributed by atoms with Gasteiger partial charge in [0.25, 0.3) is 0 Å². The van der Waals surface area contributed by atoms with E-state index in [1.165, 1.54) is 0 Å². The lowest BCUT2D eigenvalue weighted by atomic mass is 15.7. The van der Waals surface area contributed by atoms with E-state index in [1.807, 2.05) is 0 Å². The molecule has 0 aliphatic heterocycles. The quantitative estimate of drug-likeness (QED) is 0.266. The van der Waals surface area contributed by atoms with Crippen LogP contribution >= 0.6 is 0 Å². The van der Waals surface area contributed by atoms with Crippen LogP contribution in [0.15, 0.2) is 0 Å². The SMILES string of the molecule is F.O[Si](O)(O)O.[MgH2]. The molecule has 0 aromatic carbocycles. The summed E-state index contributed by atoms with van der Waals surface area (Å²) in [5.74, 6) is 0. The monoisotopic (exact) mass is 142 g/mol. The minimum atomic E-state index is -4.61. The van der Waals surface area contributed by atoms with E-state index >= 15 is 0 Å². The Morgan fingerprint density at radius 2 is 0.857 bits per heavy atom. The van der Waals surface area contributed by atoms with Gasteiger partial charge in [0.15, 0.2) is 0 Å². The molecule has 0 aromatic rings. The Labute approximate surface area is 56.4 Å². The molecule has 0 fully saturated rings. The van der Waals surface area contributed by atoms with Gasteiger partial charge in [-0.2, -0.15) is 0 Å². The fourth-order valence-electron chi connectivity index (χ4n) is 0. The third-order valence-corrected chi connectivity index (χ3v) is 0. The third-order valence-electron chi connectivity index (χ3n) is 0. The summed E-state index contributed by atoms with van der Waals surface area (Å²) in [7, 11) is -4.61. The molecule has 0 aliphatic rings. The van der Waals surface area contributed by atoms with E-state index in [-0.39, 0.29) is 27.8 Å².